The molecule has 0 aromatic heterocycles. The van der Waals surface area contributed by atoms with Crippen molar-refractivity contribution in [2.75, 3.05) is 26.2 Å². The third-order valence-corrected chi connectivity index (χ3v) is 2.52. The summed E-state index contributed by atoms with van der Waals surface area (Å²) in [5, 5.41) is 11.6. The van der Waals surface area contributed by atoms with Crippen LogP contribution in [0.5, 0.6) is 0 Å². The molecule has 1 aliphatic heterocycles. The van der Waals surface area contributed by atoms with Crippen molar-refractivity contribution in [1.82, 2.24) is 10.2 Å². The van der Waals surface area contributed by atoms with Crippen molar-refractivity contribution in [3.8, 4) is 6.07 Å². The highest BCUT2D eigenvalue weighted by atomic mass is 16.2. The molecule has 84 valence electrons. The van der Waals surface area contributed by atoms with Crippen molar-refractivity contribution in [1.29, 1.82) is 5.26 Å². The molecule has 0 aromatic rings. The molecule has 0 saturated carbocycles. The molecule has 1 N–H and O–H groups in total. The second-order valence-electron chi connectivity index (χ2n) is 4.44. The number of hydrogen-bond donors (Lipinski definition) is 1. The molecule has 1 amide bonds. The van der Waals surface area contributed by atoms with Gasteiger partial charge in [-0.05, 0) is 5.92 Å². The van der Waals surface area contributed by atoms with Gasteiger partial charge in [0.25, 0.3) is 0 Å². The Morgan fingerprint density at radius 1 is 1.60 bits per heavy atom. The fourth-order valence-corrected chi connectivity index (χ4v) is 1.64. The van der Waals surface area contributed by atoms with Gasteiger partial charge in [0.2, 0.25) is 5.91 Å². The summed E-state index contributed by atoms with van der Waals surface area (Å²) in [4.78, 5) is 13.8. The van der Waals surface area contributed by atoms with Gasteiger partial charge in [0.05, 0.1) is 18.4 Å². The summed E-state index contributed by atoms with van der Waals surface area (Å²) in [6, 6.07) is 2.09. The number of carbonyl (C=O) groups excluding carboxylic acids is 1. The van der Waals surface area contributed by atoms with Gasteiger partial charge in [0.1, 0.15) is 0 Å². The summed E-state index contributed by atoms with van der Waals surface area (Å²) in [6.45, 7) is 7.10. The van der Waals surface area contributed by atoms with Gasteiger partial charge in [-0.25, -0.2) is 0 Å². The minimum atomic E-state index is 0.141. The van der Waals surface area contributed by atoms with E-state index in [0.717, 1.165) is 19.6 Å². The number of hydrogen-bond acceptors (Lipinski definition) is 3. The van der Waals surface area contributed by atoms with E-state index in [1.807, 2.05) is 4.90 Å². The Labute approximate surface area is 91.2 Å². The van der Waals surface area contributed by atoms with Crippen LogP contribution in [-0.2, 0) is 4.79 Å². The SMILES string of the molecule is CC(C)CN(CCC#N)C(=O)C1CNC1. The molecule has 0 aromatic carbocycles. The molecule has 1 fully saturated rings. The first-order chi connectivity index (χ1) is 7.15. The number of rotatable bonds is 5. The molecule has 0 spiro atoms. The maximum atomic E-state index is 11.9. The van der Waals surface area contributed by atoms with Gasteiger partial charge in [-0.3, -0.25) is 4.79 Å². The second-order valence-corrected chi connectivity index (χ2v) is 4.44. The number of nitriles is 1. The van der Waals surface area contributed by atoms with Crippen LogP contribution in [0.3, 0.4) is 0 Å². The molecule has 15 heavy (non-hydrogen) atoms. The molecule has 4 nitrogen and oxygen atoms in total. The van der Waals surface area contributed by atoms with Crippen LogP contribution >= 0.6 is 0 Å². The van der Waals surface area contributed by atoms with E-state index in [9.17, 15) is 4.79 Å². The molecule has 1 aliphatic rings. The molecule has 1 saturated heterocycles. The standard InChI is InChI=1S/C11H19N3O/c1-9(2)8-14(5-3-4-12)11(15)10-6-13-7-10/h9-10,13H,3,5-8H2,1-2H3. The number of nitrogens with zero attached hydrogens (tertiary/aromatic N) is 2. The highest BCUT2D eigenvalue weighted by Gasteiger charge is 2.29. The number of carbonyl (C=O) groups is 1. The molecule has 0 aliphatic carbocycles. The predicted molar refractivity (Wildman–Crippen MR) is 58.0 cm³/mol. The van der Waals surface area contributed by atoms with E-state index in [-0.39, 0.29) is 11.8 Å². The van der Waals surface area contributed by atoms with Gasteiger partial charge >= 0.3 is 0 Å². The van der Waals surface area contributed by atoms with Crippen LogP contribution in [0.4, 0.5) is 0 Å². The average molecular weight is 209 g/mol. The Hall–Kier alpha value is -1.08. The van der Waals surface area contributed by atoms with E-state index in [2.05, 4.69) is 25.2 Å². The van der Waals surface area contributed by atoms with Gasteiger partial charge in [-0.15, -0.1) is 0 Å². The van der Waals surface area contributed by atoms with Gasteiger partial charge < -0.3 is 10.2 Å². The number of amides is 1. The molecular weight excluding hydrogens is 190 g/mol. The molecule has 4 heteroatoms. The van der Waals surface area contributed by atoms with E-state index in [1.54, 1.807) is 0 Å². The molecule has 0 bridgehead atoms. The minimum Gasteiger partial charge on any atom is -0.341 e. The Morgan fingerprint density at radius 2 is 2.27 bits per heavy atom. The Balaban J connectivity index is 2.46. The Morgan fingerprint density at radius 3 is 2.67 bits per heavy atom. The van der Waals surface area contributed by atoms with Crippen LogP contribution in [0.2, 0.25) is 0 Å². The third-order valence-electron chi connectivity index (χ3n) is 2.52. The Bertz CT molecular complexity index is 253. The monoisotopic (exact) mass is 209 g/mol. The van der Waals surface area contributed by atoms with E-state index < -0.39 is 0 Å². The summed E-state index contributed by atoms with van der Waals surface area (Å²) in [6.07, 6.45) is 0.429. The Kier molecular flexibility index (Phi) is 4.57. The molecule has 0 atom stereocenters. The lowest BCUT2D eigenvalue weighted by Crippen LogP contribution is -2.52. The van der Waals surface area contributed by atoms with Gasteiger partial charge in [0, 0.05) is 26.2 Å². The molecule has 1 rings (SSSR count). The van der Waals surface area contributed by atoms with Crippen LogP contribution < -0.4 is 5.32 Å². The summed E-state index contributed by atoms with van der Waals surface area (Å²) in [7, 11) is 0. The van der Waals surface area contributed by atoms with Crippen molar-refractivity contribution in [2.24, 2.45) is 11.8 Å². The van der Waals surface area contributed by atoms with Crippen molar-refractivity contribution in [3.05, 3.63) is 0 Å². The first-order valence-electron chi connectivity index (χ1n) is 5.51. The highest BCUT2D eigenvalue weighted by molar-refractivity contribution is 5.80. The zero-order chi connectivity index (χ0) is 11.3. The summed E-state index contributed by atoms with van der Waals surface area (Å²) in [5.41, 5.74) is 0. The number of nitrogens with one attached hydrogen (secondary N) is 1. The zero-order valence-corrected chi connectivity index (χ0v) is 9.49. The average Bonchev–Trinajstić information content (AvgIpc) is 2.08. The van der Waals surface area contributed by atoms with E-state index in [0.29, 0.717) is 18.9 Å². The van der Waals surface area contributed by atoms with Crippen molar-refractivity contribution in [3.63, 3.8) is 0 Å². The van der Waals surface area contributed by atoms with E-state index in [4.69, 9.17) is 5.26 Å². The van der Waals surface area contributed by atoms with Crippen molar-refractivity contribution in [2.45, 2.75) is 20.3 Å². The lowest BCUT2D eigenvalue weighted by molar-refractivity contribution is -0.137. The second kappa shape index (κ2) is 5.72. The summed E-state index contributed by atoms with van der Waals surface area (Å²) >= 11 is 0. The van der Waals surface area contributed by atoms with Gasteiger partial charge in [-0.2, -0.15) is 5.26 Å². The van der Waals surface area contributed by atoms with Gasteiger partial charge in [-0.1, -0.05) is 13.8 Å². The summed E-state index contributed by atoms with van der Waals surface area (Å²) in [5.74, 6) is 0.806. The first kappa shape index (κ1) is 12.0. The largest absolute Gasteiger partial charge is 0.341 e. The van der Waals surface area contributed by atoms with Crippen LogP contribution in [0, 0.1) is 23.2 Å². The van der Waals surface area contributed by atoms with Crippen LogP contribution in [0.15, 0.2) is 0 Å². The topological polar surface area (TPSA) is 56.1 Å². The van der Waals surface area contributed by atoms with Crippen LogP contribution in [0.25, 0.3) is 0 Å². The normalized spacial score (nSPS) is 15.9. The lowest BCUT2D eigenvalue weighted by Gasteiger charge is -2.33. The molecular formula is C11H19N3O. The summed E-state index contributed by atoms with van der Waals surface area (Å²) < 4.78 is 0. The van der Waals surface area contributed by atoms with Gasteiger partial charge in [0.15, 0.2) is 0 Å². The third kappa shape index (κ3) is 3.52. The first-order valence-corrected chi connectivity index (χ1v) is 5.51. The van der Waals surface area contributed by atoms with Crippen LogP contribution in [-0.4, -0.2) is 37.0 Å². The smallest absolute Gasteiger partial charge is 0.228 e. The van der Waals surface area contributed by atoms with Crippen LogP contribution in [0.1, 0.15) is 20.3 Å². The highest BCUT2D eigenvalue weighted by Crippen LogP contribution is 2.10. The molecule has 1 heterocycles. The van der Waals surface area contributed by atoms with Crippen molar-refractivity contribution < 1.29 is 4.79 Å². The van der Waals surface area contributed by atoms with E-state index in [1.165, 1.54) is 0 Å². The lowest BCUT2D eigenvalue weighted by atomic mass is 10.0. The fraction of sp³-hybridized carbons (Fsp3) is 0.818. The maximum Gasteiger partial charge on any atom is 0.228 e. The van der Waals surface area contributed by atoms with Crippen molar-refractivity contribution >= 4 is 5.91 Å². The molecule has 0 unspecified atom stereocenters. The minimum absolute atomic E-state index is 0.141. The van der Waals surface area contributed by atoms with E-state index >= 15 is 0 Å². The fourth-order valence-electron chi connectivity index (χ4n) is 1.64. The molecule has 0 radical (unpaired) electrons. The predicted octanol–water partition coefficient (Wildman–Crippen LogP) is 0.604. The zero-order valence-electron chi connectivity index (χ0n) is 9.49. The quantitative estimate of drug-likeness (QED) is 0.721. The maximum absolute atomic E-state index is 11.9.